The summed E-state index contributed by atoms with van der Waals surface area (Å²) >= 11 is 0. The molecule has 0 atom stereocenters. The minimum atomic E-state index is -4.82. The van der Waals surface area contributed by atoms with Crippen molar-refractivity contribution in [3.8, 4) is 22.9 Å². The molecule has 2 fully saturated rings. The molecule has 2 aliphatic rings. The smallest absolute Gasteiger partial charge is 0.413 e. The second kappa shape index (κ2) is 21.1. The Balaban J connectivity index is 0.000000218. The molecule has 0 unspecified atom stereocenters. The van der Waals surface area contributed by atoms with Crippen LogP contribution in [0.25, 0.3) is 22.9 Å². The highest BCUT2D eigenvalue weighted by molar-refractivity contribution is 7.90. The third kappa shape index (κ3) is 12.1. The highest BCUT2D eigenvalue weighted by Gasteiger charge is 2.40. The summed E-state index contributed by atoms with van der Waals surface area (Å²) < 4.78 is 174. The van der Waals surface area contributed by atoms with Gasteiger partial charge in [0.15, 0.2) is 0 Å². The first kappa shape index (κ1) is 50.7. The fourth-order valence-electron chi connectivity index (χ4n) is 6.89. The van der Waals surface area contributed by atoms with Gasteiger partial charge in [-0.3, -0.25) is 8.61 Å². The number of nitrogens with zero attached hydrogens (tertiary/aromatic N) is 8. The third-order valence-corrected chi connectivity index (χ3v) is 14.1. The summed E-state index contributed by atoms with van der Waals surface area (Å²) in [7, 11) is -7.91. The average Bonchev–Trinajstić information content (AvgIpc) is 4.02. The van der Waals surface area contributed by atoms with Crippen LogP contribution >= 0.6 is 12.4 Å². The van der Waals surface area contributed by atoms with Crippen molar-refractivity contribution in [1.29, 1.82) is 0 Å². The summed E-state index contributed by atoms with van der Waals surface area (Å²) in [6, 6.07) is 23.7. The van der Waals surface area contributed by atoms with Crippen LogP contribution in [0.4, 0.5) is 46.5 Å². The summed E-state index contributed by atoms with van der Waals surface area (Å²) in [5, 5.41) is 15.6. The Labute approximate surface area is 385 Å². The molecular weight excluding hydrogens is 966 g/mol. The maximum Gasteiger partial charge on any atom is 0.470 e. The van der Waals surface area contributed by atoms with Crippen molar-refractivity contribution in [2.45, 2.75) is 44.7 Å². The predicted molar refractivity (Wildman–Crippen MR) is 230 cm³/mol. The molecule has 6 aromatic rings. The fourth-order valence-corrected chi connectivity index (χ4v) is 10.2. The topological polar surface area (TPSA) is 171 Å². The first-order valence-electron chi connectivity index (χ1n) is 20.1. The van der Waals surface area contributed by atoms with Gasteiger partial charge in [-0.05, 0) is 61.4 Å². The molecule has 0 radical (unpaired) electrons. The number of hydrogen-bond acceptors (Lipinski definition) is 11. The van der Waals surface area contributed by atoms with Crippen LogP contribution in [0.3, 0.4) is 0 Å². The van der Waals surface area contributed by atoms with Crippen LogP contribution in [0.5, 0.6) is 0 Å². The van der Waals surface area contributed by atoms with Crippen molar-refractivity contribution in [1.82, 2.24) is 34.3 Å². The number of benzene rings is 4. The molecule has 2 saturated heterocycles. The number of halogens is 9. The van der Waals surface area contributed by atoms with Gasteiger partial charge in [0.05, 0.1) is 24.5 Å². The molecule has 0 spiro atoms. The van der Waals surface area contributed by atoms with Gasteiger partial charge < -0.3 is 14.2 Å². The Bertz CT molecular complexity index is 2620. The molecule has 0 aliphatic carbocycles. The standard InChI is InChI=1S/C21H20F4N4O3S.C20H19F4N5O3S.ClH/c22-18-13-15(19-26-27-20(32-19)21(23,24)25)9-10-16(18)14-29(17-7-3-1-4-8-17)33(30,31)28-11-5-2-6-12-28;21-17-12-14(18-26-27-19(32-18)20(22,23)24)6-7-15(17)13-29(16-4-2-1-3-5-16)33(30,31)28-10-8-25-9-11-28;/h1,3-4,7-10,13H,2,5-6,11-12,14H2;1-7,12,25H,8-11,13H2;1H. The lowest BCUT2D eigenvalue weighted by Gasteiger charge is -2.33. The molecule has 2 aliphatic heterocycles. The van der Waals surface area contributed by atoms with Gasteiger partial charge in [-0.25, -0.2) is 8.78 Å². The number of nitrogens with one attached hydrogen (secondary N) is 1. The number of anilines is 2. The van der Waals surface area contributed by atoms with Crippen LogP contribution in [0.15, 0.2) is 106 Å². The van der Waals surface area contributed by atoms with E-state index in [-0.39, 0.29) is 60.8 Å². The monoisotopic (exact) mass is 1010 g/mol. The van der Waals surface area contributed by atoms with Crippen LogP contribution < -0.4 is 13.9 Å². The van der Waals surface area contributed by atoms with Crippen molar-refractivity contribution in [3.05, 3.63) is 132 Å². The third-order valence-electron chi connectivity index (χ3n) is 10.3. The Morgan fingerprint density at radius 1 is 0.552 bits per heavy atom. The van der Waals surface area contributed by atoms with E-state index < -0.39 is 68.0 Å². The first-order chi connectivity index (χ1) is 31.3. The fraction of sp³-hybridized carbons (Fsp3) is 0.317. The van der Waals surface area contributed by atoms with Crippen LogP contribution in [0.1, 0.15) is 42.2 Å². The zero-order chi connectivity index (χ0) is 47.3. The van der Waals surface area contributed by atoms with E-state index in [1.54, 1.807) is 60.7 Å². The second-order valence-electron chi connectivity index (χ2n) is 14.7. The number of piperidine rings is 1. The molecular formula is C41H40ClF8N9O6S2. The van der Waals surface area contributed by atoms with Gasteiger partial charge in [0, 0.05) is 61.5 Å². The lowest BCUT2D eigenvalue weighted by Crippen LogP contribution is -2.51. The van der Waals surface area contributed by atoms with Gasteiger partial charge in [-0.1, -0.05) is 55.0 Å². The number of aromatic nitrogens is 4. The SMILES string of the molecule is Cl.O=S(=O)(N1CCCCC1)N(Cc1ccc(-c2nnc(C(F)(F)F)o2)cc1F)c1ccccc1.O=S(=O)(N1CCNCC1)N(Cc1ccc(-c2nnc(C(F)(F)F)o2)cc1F)c1ccccc1. The van der Waals surface area contributed by atoms with Crippen molar-refractivity contribution in [2.75, 3.05) is 47.9 Å². The van der Waals surface area contributed by atoms with E-state index in [4.69, 9.17) is 0 Å². The average molecular weight is 1010 g/mol. The number of piperazine rings is 1. The van der Waals surface area contributed by atoms with Crippen LogP contribution in [0, 0.1) is 11.6 Å². The number of rotatable bonds is 12. The van der Waals surface area contributed by atoms with Crippen LogP contribution in [-0.2, 0) is 45.9 Å². The number of hydrogen-bond donors (Lipinski definition) is 1. The normalized spacial score (nSPS) is 15.3. The molecule has 67 heavy (non-hydrogen) atoms. The Kier molecular flexibility index (Phi) is 15.9. The van der Waals surface area contributed by atoms with E-state index in [2.05, 4.69) is 34.5 Å². The molecule has 0 amide bonds. The van der Waals surface area contributed by atoms with Gasteiger partial charge in [0.1, 0.15) is 11.6 Å². The largest absolute Gasteiger partial charge is 0.470 e. The predicted octanol–water partition coefficient (Wildman–Crippen LogP) is 8.10. The van der Waals surface area contributed by atoms with E-state index in [1.165, 1.54) is 32.9 Å². The summed E-state index contributed by atoms with van der Waals surface area (Å²) in [4.78, 5) is 0. The van der Waals surface area contributed by atoms with Crippen molar-refractivity contribution < 1.29 is 60.8 Å². The quantitative estimate of drug-likeness (QED) is 0.118. The maximum absolute atomic E-state index is 14.9. The molecule has 0 saturated carbocycles. The Morgan fingerprint density at radius 2 is 0.940 bits per heavy atom. The lowest BCUT2D eigenvalue weighted by atomic mass is 10.1. The minimum Gasteiger partial charge on any atom is -0.413 e. The zero-order valence-corrected chi connectivity index (χ0v) is 37.2. The first-order valence-corrected chi connectivity index (χ1v) is 22.9. The Morgan fingerprint density at radius 3 is 1.30 bits per heavy atom. The van der Waals surface area contributed by atoms with E-state index in [1.807, 2.05) is 0 Å². The molecule has 1 N–H and O–H groups in total. The summed E-state index contributed by atoms with van der Waals surface area (Å²) in [5.41, 5.74) is 0.681. The molecule has 26 heteroatoms. The molecule has 4 aromatic carbocycles. The van der Waals surface area contributed by atoms with Gasteiger partial charge in [-0.15, -0.1) is 32.8 Å². The van der Waals surface area contributed by atoms with E-state index >= 15 is 0 Å². The summed E-state index contributed by atoms with van der Waals surface area (Å²) in [6.07, 6.45) is -7.20. The van der Waals surface area contributed by atoms with Crippen LogP contribution in [0.2, 0.25) is 0 Å². The Hall–Kier alpha value is -5.73. The summed E-state index contributed by atoms with van der Waals surface area (Å²) in [5.74, 6) is -5.70. The van der Waals surface area contributed by atoms with E-state index in [0.717, 1.165) is 40.0 Å². The maximum atomic E-state index is 14.9. The highest BCUT2D eigenvalue weighted by Crippen LogP contribution is 2.34. The molecule has 8 rings (SSSR count). The lowest BCUT2D eigenvalue weighted by molar-refractivity contribution is -0.157. The van der Waals surface area contributed by atoms with Gasteiger partial charge in [0.25, 0.3) is 0 Å². The van der Waals surface area contributed by atoms with Gasteiger partial charge in [0.2, 0.25) is 11.8 Å². The van der Waals surface area contributed by atoms with Crippen molar-refractivity contribution in [3.63, 3.8) is 0 Å². The molecule has 4 heterocycles. The van der Waals surface area contributed by atoms with Gasteiger partial charge in [-0.2, -0.15) is 51.8 Å². The molecule has 360 valence electrons. The van der Waals surface area contributed by atoms with Crippen molar-refractivity contribution in [2.24, 2.45) is 0 Å². The zero-order valence-electron chi connectivity index (χ0n) is 34.8. The highest BCUT2D eigenvalue weighted by atomic mass is 35.5. The summed E-state index contributed by atoms with van der Waals surface area (Å²) in [6.45, 7) is 1.67. The minimum absolute atomic E-state index is 0. The second-order valence-corrected chi connectivity index (χ2v) is 18.4. The van der Waals surface area contributed by atoms with E-state index in [0.29, 0.717) is 37.6 Å². The van der Waals surface area contributed by atoms with E-state index in [9.17, 15) is 52.0 Å². The molecule has 0 bridgehead atoms. The van der Waals surface area contributed by atoms with Gasteiger partial charge >= 0.3 is 44.6 Å². The number of alkyl halides is 6. The molecule has 2 aromatic heterocycles. The number of para-hydroxylation sites is 2. The van der Waals surface area contributed by atoms with Crippen LogP contribution in [-0.4, -0.2) is 85.1 Å². The molecule has 15 nitrogen and oxygen atoms in total. The van der Waals surface area contributed by atoms with Crippen molar-refractivity contribution >= 4 is 44.2 Å².